The number of hydrogen-bond donors (Lipinski definition) is 2. The van der Waals surface area contributed by atoms with Gasteiger partial charge in [0.05, 0.1) is 29.8 Å². The van der Waals surface area contributed by atoms with Gasteiger partial charge in [-0.25, -0.2) is 0 Å². The molecule has 148 valence electrons. The predicted molar refractivity (Wildman–Crippen MR) is 118 cm³/mol. The van der Waals surface area contributed by atoms with Crippen molar-refractivity contribution in [3.63, 3.8) is 0 Å². The van der Waals surface area contributed by atoms with Crippen molar-refractivity contribution in [1.82, 2.24) is 24.9 Å². The molecular weight excluding hydrogens is 368 g/mol. The molecule has 0 saturated carbocycles. The lowest BCUT2D eigenvalue weighted by Crippen LogP contribution is -2.30. The zero-order valence-corrected chi connectivity index (χ0v) is 17.8. The molecule has 0 radical (unpaired) electrons. The Labute approximate surface area is 172 Å². The van der Waals surface area contributed by atoms with Crippen LogP contribution in [0.1, 0.15) is 34.5 Å². The van der Waals surface area contributed by atoms with Gasteiger partial charge < -0.3 is 10.6 Å². The average molecular weight is 397 g/mol. The predicted octanol–water partition coefficient (Wildman–Crippen LogP) is 3.74. The lowest BCUT2D eigenvalue weighted by Gasteiger charge is -2.11. The van der Waals surface area contributed by atoms with Crippen molar-refractivity contribution in [2.45, 2.75) is 47.2 Å². The van der Waals surface area contributed by atoms with Gasteiger partial charge in [0.15, 0.2) is 5.11 Å². The monoisotopic (exact) mass is 396 g/mol. The molecule has 0 bridgehead atoms. The molecule has 0 saturated heterocycles. The van der Waals surface area contributed by atoms with E-state index in [1.807, 2.05) is 35.6 Å². The van der Waals surface area contributed by atoms with Gasteiger partial charge in [0.2, 0.25) is 0 Å². The molecule has 6 nitrogen and oxygen atoms in total. The van der Waals surface area contributed by atoms with Crippen molar-refractivity contribution in [3.05, 3.63) is 64.7 Å². The van der Waals surface area contributed by atoms with Crippen LogP contribution < -0.4 is 10.6 Å². The van der Waals surface area contributed by atoms with Gasteiger partial charge in [-0.3, -0.25) is 9.36 Å². The van der Waals surface area contributed by atoms with Crippen LogP contribution in [0, 0.1) is 27.7 Å². The molecule has 0 amide bonds. The number of nitrogens with one attached hydrogen (secondary N) is 2. The maximum absolute atomic E-state index is 5.46. The second-order valence-corrected chi connectivity index (χ2v) is 7.61. The SMILES string of the molecule is Cc1ccc(Cn2nc(C)c(NC(=S)NCCCn3cc(C)cn3)c2C)cc1. The van der Waals surface area contributed by atoms with Gasteiger partial charge in [-0.1, -0.05) is 29.8 Å². The summed E-state index contributed by atoms with van der Waals surface area (Å²) >= 11 is 5.46. The summed E-state index contributed by atoms with van der Waals surface area (Å²) in [7, 11) is 0. The zero-order valence-electron chi connectivity index (χ0n) is 17.0. The van der Waals surface area contributed by atoms with Gasteiger partial charge in [0, 0.05) is 19.3 Å². The lowest BCUT2D eigenvalue weighted by molar-refractivity contribution is 0.573. The minimum absolute atomic E-state index is 0.623. The summed E-state index contributed by atoms with van der Waals surface area (Å²) in [6.45, 7) is 10.6. The highest BCUT2D eigenvalue weighted by molar-refractivity contribution is 7.80. The molecule has 28 heavy (non-hydrogen) atoms. The first-order valence-electron chi connectivity index (χ1n) is 9.56. The summed E-state index contributed by atoms with van der Waals surface area (Å²) in [6.07, 6.45) is 4.87. The molecule has 0 aliphatic rings. The average Bonchev–Trinajstić information content (AvgIpc) is 3.19. The van der Waals surface area contributed by atoms with Gasteiger partial charge in [0.25, 0.3) is 0 Å². The number of rotatable bonds is 7. The largest absolute Gasteiger partial charge is 0.362 e. The highest BCUT2D eigenvalue weighted by Crippen LogP contribution is 2.20. The number of hydrogen-bond acceptors (Lipinski definition) is 3. The highest BCUT2D eigenvalue weighted by Gasteiger charge is 2.13. The second kappa shape index (κ2) is 9.01. The Morgan fingerprint density at radius 1 is 1.07 bits per heavy atom. The molecule has 0 spiro atoms. The maximum atomic E-state index is 5.46. The lowest BCUT2D eigenvalue weighted by atomic mass is 10.1. The Morgan fingerprint density at radius 2 is 1.82 bits per heavy atom. The molecule has 0 aliphatic heterocycles. The van der Waals surface area contributed by atoms with Gasteiger partial charge in [-0.2, -0.15) is 10.2 Å². The van der Waals surface area contributed by atoms with Crippen LogP contribution in [0.3, 0.4) is 0 Å². The topological polar surface area (TPSA) is 59.7 Å². The fraction of sp³-hybridized carbons (Fsp3) is 0.381. The van der Waals surface area contributed by atoms with E-state index in [-0.39, 0.29) is 0 Å². The fourth-order valence-corrected chi connectivity index (χ4v) is 3.29. The van der Waals surface area contributed by atoms with Gasteiger partial charge in [0.1, 0.15) is 0 Å². The summed E-state index contributed by atoms with van der Waals surface area (Å²) < 4.78 is 3.97. The Balaban J connectivity index is 1.52. The van der Waals surface area contributed by atoms with Crippen LogP contribution in [0.15, 0.2) is 36.7 Å². The van der Waals surface area contributed by atoms with E-state index in [2.05, 4.69) is 58.9 Å². The normalized spacial score (nSPS) is 10.9. The first-order chi connectivity index (χ1) is 13.4. The minimum Gasteiger partial charge on any atom is -0.362 e. The van der Waals surface area contributed by atoms with Crippen LogP contribution in [0.4, 0.5) is 5.69 Å². The summed E-state index contributed by atoms with van der Waals surface area (Å²) in [5, 5.41) is 16.2. The summed E-state index contributed by atoms with van der Waals surface area (Å²) in [5.41, 5.74) is 6.68. The first kappa shape index (κ1) is 20.1. The number of benzene rings is 1. The third-order valence-corrected chi connectivity index (χ3v) is 4.93. The fourth-order valence-electron chi connectivity index (χ4n) is 3.09. The van der Waals surface area contributed by atoms with Gasteiger partial charge in [-0.05, 0) is 57.5 Å². The van der Waals surface area contributed by atoms with Crippen LogP contribution in [0.5, 0.6) is 0 Å². The third kappa shape index (κ3) is 5.19. The Morgan fingerprint density at radius 3 is 2.50 bits per heavy atom. The van der Waals surface area contributed by atoms with Crippen molar-refractivity contribution in [2.75, 3.05) is 11.9 Å². The number of nitrogens with zero attached hydrogens (tertiary/aromatic N) is 4. The molecular formula is C21H28N6S. The van der Waals surface area contributed by atoms with E-state index < -0.39 is 0 Å². The smallest absolute Gasteiger partial charge is 0.170 e. The summed E-state index contributed by atoms with van der Waals surface area (Å²) in [6, 6.07) is 8.55. The van der Waals surface area contributed by atoms with Crippen molar-refractivity contribution < 1.29 is 0 Å². The van der Waals surface area contributed by atoms with E-state index in [0.717, 1.165) is 43.1 Å². The number of aryl methyl sites for hydroxylation is 4. The molecule has 2 N–H and O–H groups in total. The Hall–Kier alpha value is -2.67. The van der Waals surface area contributed by atoms with Crippen LogP contribution in [-0.4, -0.2) is 31.2 Å². The molecule has 1 aromatic carbocycles. The van der Waals surface area contributed by atoms with E-state index >= 15 is 0 Å². The number of anilines is 1. The van der Waals surface area contributed by atoms with Gasteiger partial charge >= 0.3 is 0 Å². The van der Waals surface area contributed by atoms with Crippen LogP contribution in [0.2, 0.25) is 0 Å². The molecule has 0 atom stereocenters. The number of aromatic nitrogens is 4. The number of thiocarbonyl (C=S) groups is 1. The minimum atomic E-state index is 0.623. The molecule has 2 heterocycles. The Bertz CT molecular complexity index is 938. The van der Waals surface area contributed by atoms with E-state index in [1.165, 1.54) is 16.7 Å². The van der Waals surface area contributed by atoms with Crippen LogP contribution in [-0.2, 0) is 13.1 Å². The molecule has 0 fully saturated rings. The van der Waals surface area contributed by atoms with Crippen molar-refractivity contribution in [1.29, 1.82) is 0 Å². The van der Waals surface area contributed by atoms with E-state index in [9.17, 15) is 0 Å². The third-order valence-electron chi connectivity index (χ3n) is 4.68. The molecule has 7 heteroatoms. The molecule has 0 unspecified atom stereocenters. The van der Waals surface area contributed by atoms with Crippen molar-refractivity contribution in [3.8, 4) is 0 Å². The van der Waals surface area contributed by atoms with Crippen molar-refractivity contribution >= 4 is 23.0 Å². The van der Waals surface area contributed by atoms with Crippen molar-refractivity contribution in [2.24, 2.45) is 0 Å². The first-order valence-corrected chi connectivity index (χ1v) is 9.96. The highest BCUT2D eigenvalue weighted by atomic mass is 32.1. The van der Waals surface area contributed by atoms with Crippen LogP contribution >= 0.6 is 12.2 Å². The quantitative estimate of drug-likeness (QED) is 0.471. The summed E-state index contributed by atoms with van der Waals surface area (Å²) in [5.74, 6) is 0. The van der Waals surface area contributed by atoms with Gasteiger partial charge in [-0.15, -0.1) is 0 Å². The molecule has 2 aromatic heterocycles. The van der Waals surface area contributed by atoms with E-state index in [1.54, 1.807) is 0 Å². The Kier molecular flexibility index (Phi) is 6.46. The zero-order chi connectivity index (χ0) is 20.1. The van der Waals surface area contributed by atoms with E-state index in [0.29, 0.717) is 5.11 Å². The molecule has 0 aliphatic carbocycles. The second-order valence-electron chi connectivity index (χ2n) is 7.20. The summed E-state index contributed by atoms with van der Waals surface area (Å²) in [4.78, 5) is 0. The van der Waals surface area contributed by atoms with E-state index in [4.69, 9.17) is 12.2 Å². The molecule has 3 aromatic rings. The van der Waals surface area contributed by atoms with Crippen LogP contribution in [0.25, 0.3) is 0 Å². The standard InChI is InChI=1S/C21H28N6S/c1-15-6-8-19(9-7-15)14-27-18(4)20(17(3)25-27)24-21(28)22-10-5-11-26-13-16(2)12-23-26/h6-9,12-13H,5,10-11,14H2,1-4H3,(H2,22,24,28). The maximum Gasteiger partial charge on any atom is 0.170 e. The molecule has 3 rings (SSSR count).